The lowest BCUT2D eigenvalue weighted by atomic mass is 10.3. The van der Waals surface area contributed by atoms with Gasteiger partial charge in [0.25, 0.3) is 0 Å². The largest absolute Gasteiger partial charge is 0.317 e. The molecule has 0 fully saturated rings. The molecule has 0 heterocycles. The molecule has 108 valence electrons. The lowest BCUT2D eigenvalue weighted by molar-refractivity contribution is 0.330. The van der Waals surface area contributed by atoms with Crippen molar-refractivity contribution in [1.29, 1.82) is 0 Å². The highest BCUT2D eigenvalue weighted by Gasteiger charge is 1.92. The van der Waals surface area contributed by atoms with Crippen LogP contribution in [0.4, 0.5) is 0 Å². The maximum absolute atomic E-state index is 5.46. The van der Waals surface area contributed by atoms with Crippen LogP contribution in [0.3, 0.4) is 0 Å². The van der Waals surface area contributed by atoms with Gasteiger partial charge in [0.1, 0.15) is 0 Å². The van der Waals surface area contributed by atoms with Gasteiger partial charge < -0.3 is 5.32 Å². The lowest BCUT2D eigenvalue weighted by Crippen LogP contribution is -2.31. The van der Waals surface area contributed by atoms with Crippen molar-refractivity contribution in [3.05, 3.63) is 0 Å². The Hall–Kier alpha value is -0.200. The van der Waals surface area contributed by atoms with Gasteiger partial charge in [-0.3, -0.25) is 21.7 Å². The summed E-state index contributed by atoms with van der Waals surface area (Å²) in [6.45, 7) is 11.9. The summed E-state index contributed by atoms with van der Waals surface area (Å²) in [6.07, 6.45) is 2.18. The zero-order valence-electron chi connectivity index (χ0n) is 12.8. The standard InChI is InChI=1S/C8H23N5.2C2H6/c1-12(9)7-3-5-11-6-4-8-13(2)10;2*1-2/h11H,3-10H2,1-2H3;2*1-2H3. The molecule has 0 aliphatic rings. The Bertz CT molecular complexity index is 95.1. The second kappa shape index (κ2) is 21.1. The first-order chi connectivity index (χ1) is 8.13. The van der Waals surface area contributed by atoms with E-state index >= 15 is 0 Å². The summed E-state index contributed by atoms with van der Waals surface area (Å²) < 4.78 is 0. The number of hydrazine groups is 2. The summed E-state index contributed by atoms with van der Waals surface area (Å²) in [4.78, 5) is 0. The van der Waals surface area contributed by atoms with Gasteiger partial charge in [-0.15, -0.1) is 0 Å². The normalized spacial score (nSPS) is 9.53. The summed E-state index contributed by atoms with van der Waals surface area (Å²) in [7, 11) is 3.76. The molecule has 5 nitrogen and oxygen atoms in total. The van der Waals surface area contributed by atoms with E-state index in [1.54, 1.807) is 10.0 Å². The van der Waals surface area contributed by atoms with E-state index in [-0.39, 0.29) is 0 Å². The molecule has 0 atom stereocenters. The van der Waals surface area contributed by atoms with Crippen LogP contribution >= 0.6 is 0 Å². The highest BCUT2D eigenvalue weighted by atomic mass is 15.4. The first kappa shape index (κ1) is 22.0. The number of hydrogen-bond donors (Lipinski definition) is 3. The quantitative estimate of drug-likeness (QED) is 0.340. The zero-order chi connectivity index (χ0) is 14.1. The van der Waals surface area contributed by atoms with Gasteiger partial charge in [-0.05, 0) is 25.9 Å². The van der Waals surface area contributed by atoms with E-state index in [2.05, 4.69) is 5.32 Å². The molecular weight excluding hydrogens is 214 g/mol. The minimum absolute atomic E-state index is 0.934. The highest BCUT2D eigenvalue weighted by Crippen LogP contribution is 1.81. The topological polar surface area (TPSA) is 70.5 Å². The number of hydrogen-bond acceptors (Lipinski definition) is 5. The Balaban J connectivity index is -0.000000439. The zero-order valence-corrected chi connectivity index (χ0v) is 12.8. The van der Waals surface area contributed by atoms with Crippen LogP contribution in [0, 0.1) is 0 Å². The first-order valence-electron chi connectivity index (χ1n) is 6.75. The van der Waals surface area contributed by atoms with Crippen molar-refractivity contribution in [2.75, 3.05) is 40.3 Å². The van der Waals surface area contributed by atoms with Crippen molar-refractivity contribution in [2.24, 2.45) is 11.7 Å². The van der Waals surface area contributed by atoms with Crippen LogP contribution in [0.5, 0.6) is 0 Å². The molecule has 0 aliphatic heterocycles. The third-order valence-electron chi connectivity index (χ3n) is 1.73. The summed E-state index contributed by atoms with van der Waals surface area (Å²) >= 11 is 0. The monoisotopic (exact) mass is 249 g/mol. The molecule has 0 bridgehead atoms. The summed E-state index contributed by atoms with van der Waals surface area (Å²) in [5.41, 5.74) is 0. The van der Waals surface area contributed by atoms with Crippen LogP contribution in [-0.4, -0.2) is 50.3 Å². The van der Waals surface area contributed by atoms with Gasteiger partial charge in [0, 0.05) is 27.2 Å². The van der Waals surface area contributed by atoms with E-state index in [1.807, 2.05) is 41.8 Å². The van der Waals surface area contributed by atoms with E-state index in [9.17, 15) is 0 Å². The van der Waals surface area contributed by atoms with Crippen molar-refractivity contribution < 1.29 is 0 Å². The highest BCUT2D eigenvalue weighted by molar-refractivity contribution is 4.51. The summed E-state index contributed by atoms with van der Waals surface area (Å²) in [6, 6.07) is 0. The van der Waals surface area contributed by atoms with Gasteiger partial charge >= 0.3 is 0 Å². The molecule has 0 radical (unpaired) electrons. The molecule has 0 aromatic rings. The molecule has 5 N–H and O–H groups in total. The van der Waals surface area contributed by atoms with Crippen LogP contribution in [0.2, 0.25) is 0 Å². The fourth-order valence-corrected chi connectivity index (χ4v) is 1.03. The van der Waals surface area contributed by atoms with Crippen molar-refractivity contribution >= 4 is 0 Å². The molecular formula is C12H35N5. The Morgan fingerprint density at radius 2 is 1.06 bits per heavy atom. The van der Waals surface area contributed by atoms with Crippen LogP contribution in [0.25, 0.3) is 0 Å². The predicted molar refractivity (Wildman–Crippen MR) is 78.4 cm³/mol. The smallest absolute Gasteiger partial charge is 0.0137 e. The second-order valence-corrected chi connectivity index (χ2v) is 3.42. The predicted octanol–water partition coefficient (Wildman–Crippen LogP) is 1.02. The van der Waals surface area contributed by atoms with E-state index in [1.165, 1.54) is 0 Å². The minimum Gasteiger partial charge on any atom is -0.317 e. The van der Waals surface area contributed by atoms with Gasteiger partial charge in [0.15, 0.2) is 0 Å². The van der Waals surface area contributed by atoms with Gasteiger partial charge in [0.2, 0.25) is 0 Å². The Kier molecular flexibility index (Phi) is 27.4. The summed E-state index contributed by atoms with van der Waals surface area (Å²) in [5.74, 6) is 10.9. The average molecular weight is 249 g/mol. The van der Waals surface area contributed by atoms with Crippen LogP contribution in [-0.2, 0) is 0 Å². The molecule has 0 saturated carbocycles. The van der Waals surface area contributed by atoms with Gasteiger partial charge in [-0.2, -0.15) is 0 Å². The third-order valence-corrected chi connectivity index (χ3v) is 1.73. The Morgan fingerprint density at radius 3 is 1.29 bits per heavy atom. The third kappa shape index (κ3) is 31.3. The van der Waals surface area contributed by atoms with Crippen LogP contribution in [0.1, 0.15) is 40.5 Å². The average Bonchev–Trinajstić information content (AvgIpc) is 2.32. The number of nitrogens with two attached hydrogens (primary N) is 2. The van der Waals surface area contributed by atoms with E-state index in [0.29, 0.717) is 0 Å². The van der Waals surface area contributed by atoms with Crippen LogP contribution in [0.15, 0.2) is 0 Å². The van der Waals surface area contributed by atoms with Crippen LogP contribution < -0.4 is 17.0 Å². The number of nitrogens with zero attached hydrogens (tertiary/aromatic N) is 2. The van der Waals surface area contributed by atoms with E-state index in [4.69, 9.17) is 11.7 Å². The fraction of sp³-hybridized carbons (Fsp3) is 1.00. The molecule has 0 rings (SSSR count). The molecule has 5 heteroatoms. The van der Waals surface area contributed by atoms with Crippen molar-refractivity contribution in [3.8, 4) is 0 Å². The number of nitrogens with one attached hydrogen (secondary N) is 1. The molecule has 0 aliphatic carbocycles. The first-order valence-corrected chi connectivity index (χ1v) is 6.75. The molecule has 0 aromatic heterocycles. The summed E-state index contributed by atoms with van der Waals surface area (Å²) in [5, 5.41) is 6.74. The number of rotatable bonds is 8. The molecule has 0 amide bonds. The Morgan fingerprint density at radius 1 is 0.765 bits per heavy atom. The van der Waals surface area contributed by atoms with E-state index in [0.717, 1.165) is 39.0 Å². The molecule has 0 saturated heterocycles. The van der Waals surface area contributed by atoms with Gasteiger partial charge in [-0.1, -0.05) is 27.7 Å². The van der Waals surface area contributed by atoms with Gasteiger partial charge in [0.05, 0.1) is 0 Å². The van der Waals surface area contributed by atoms with Gasteiger partial charge in [-0.25, -0.2) is 0 Å². The molecule has 17 heavy (non-hydrogen) atoms. The fourth-order valence-electron chi connectivity index (χ4n) is 1.03. The maximum atomic E-state index is 5.46. The Labute approximate surface area is 108 Å². The van der Waals surface area contributed by atoms with Crippen molar-refractivity contribution in [1.82, 2.24) is 15.3 Å². The SMILES string of the molecule is CC.CC.CN(N)CCCNCCCN(C)N. The molecule has 0 unspecified atom stereocenters. The molecule has 0 aromatic carbocycles. The second-order valence-electron chi connectivity index (χ2n) is 3.42. The maximum Gasteiger partial charge on any atom is 0.0137 e. The van der Waals surface area contributed by atoms with Crippen molar-refractivity contribution in [3.63, 3.8) is 0 Å². The van der Waals surface area contributed by atoms with E-state index < -0.39 is 0 Å². The lowest BCUT2D eigenvalue weighted by Gasteiger charge is -2.11. The molecule has 0 spiro atoms. The van der Waals surface area contributed by atoms with Crippen molar-refractivity contribution in [2.45, 2.75) is 40.5 Å². The minimum atomic E-state index is 0.934.